The van der Waals surface area contributed by atoms with E-state index in [1.165, 1.54) is 4.90 Å². The van der Waals surface area contributed by atoms with Gasteiger partial charge < -0.3 is 9.64 Å². The lowest BCUT2D eigenvalue weighted by Crippen LogP contribution is -2.26. The maximum Gasteiger partial charge on any atom is 0.254 e. The number of amides is 1. The fourth-order valence-electron chi connectivity index (χ4n) is 1.35. The summed E-state index contributed by atoms with van der Waals surface area (Å²) in [6.45, 7) is 1.99. The third kappa shape index (κ3) is 2.51. The predicted molar refractivity (Wildman–Crippen MR) is 60.3 cm³/mol. The number of carbonyl (C=O) groups excluding carboxylic acids is 1. The normalized spacial score (nSPS) is 9.38. The molecule has 0 N–H and O–H groups in total. The molecule has 0 aliphatic rings. The van der Waals surface area contributed by atoms with Crippen molar-refractivity contribution >= 4 is 5.91 Å². The average molecular weight is 218 g/mol. The van der Waals surface area contributed by atoms with Gasteiger partial charge in [-0.1, -0.05) is 6.07 Å². The minimum atomic E-state index is -0.181. The van der Waals surface area contributed by atoms with Crippen LogP contribution in [0.4, 0.5) is 0 Å². The maximum absolute atomic E-state index is 11.8. The first-order valence-electron chi connectivity index (χ1n) is 4.87. The molecule has 0 aromatic heterocycles. The highest BCUT2D eigenvalue weighted by molar-refractivity contribution is 5.94. The quantitative estimate of drug-likeness (QED) is 0.724. The van der Waals surface area contributed by atoms with Crippen molar-refractivity contribution in [1.29, 1.82) is 5.26 Å². The lowest BCUT2D eigenvalue weighted by molar-refractivity contribution is 0.0811. The number of nitrogens with zero attached hydrogens (tertiary/aromatic N) is 2. The Morgan fingerprint density at radius 1 is 1.56 bits per heavy atom. The molecule has 1 rings (SSSR count). The number of rotatable bonds is 3. The zero-order chi connectivity index (χ0) is 12.1. The van der Waals surface area contributed by atoms with E-state index in [1.807, 2.05) is 19.1 Å². The van der Waals surface area contributed by atoms with Gasteiger partial charge in [-0.3, -0.25) is 4.79 Å². The van der Waals surface area contributed by atoms with Crippen molar-refractivity contribution in [3.63, 3.8) is 0 Å². The smallest absolute Gasteiger partial charge is 0.254 e. The van der Waals surface area contributed by atoms with Crippen LogP contribution in [0.25, 0.3) is 0 Å². The summed E-state index contributed by atoms with van der Waals surface area (Å²) in [5.74, 6) is 0.496. The molecule has 0 aliphatic carbocycles. The second kappa shape index (κ2) is 5.17. The number of ether oxygens (including phenoxy) is 1. The molecule has 16 heavy (non-hydrogen) atoms. The Morgan fingerprint density at radius 3 is 2.81 bits per heavy atom. The Morgan fingerprint density at radius 2 is 2.25 bits per heavy atom. The summed E-state index contributed by atoms with van der Waals surface area (Å²) in [7, 11) is 3.16. The van der Waals surface area contributed by atoms with Crippen LogP contribution in [0, 0.1) is 18.3 Å². The fourth-order valence-corrected chi connectivity index (χ4v) is 1.35. The second-order valence-corrected chi connectivity index (χ2v) is 3.50. The van der Waals surface area contributed by atoms with E-state index >= 15 is 0 Å². The third-order valence-corrected chi connectivity index (χ3v) is 2.31. The molecule has 4 heteroatoms. The zero-order valence-electron chi connectivity index (χ0n) is 9.65. The molecule has 0 fully saturated rings. The highest BCUT2D eigenvalue weighted by atomic mass is 16.5. The van der Waals surface area contributed by atoms with Crippen LogP contribution in [0.2, 0.25) is 0 Å². The number of hydrogen-bond donors (Lipinski definition) is 0. The maximum atomic E-state index is 11.8. The molecule has 84 valence electrons. The van der Waals surface area contributed by atoms with Gasteiger partial charge in [0.05, 0.1) is 13.2 Å². The van der Waals surface area contributed by atoms with Crippen molar-refractivity contribution in [2.75, 3.05) is 20.7 Å². The Bertz CT molecular complexity index is 435. The summed E-state index contributed by atoms with van der Waals surface area (Å²) in [6.07, 6.45) is 0. The minimum absolute atomic E-state index is 0.0784. The van der Waals surface area contributed by atoms with Crippen LogP contribution in [0.1, 0.15) is 15.9 Å². The molecule has 0 heterocycles. The summed E-state index contributed by atoms with van der Waals surface area (Å²) >= 11 is 0. The summed E-state index contributed by atoms with van der Waals surface area (Å²) in [5.41, 5.74) is 1.50. The number of carbonyl (C=O) groups is 1. The molecule has 1 amide bonds. The van der Waals surface area contributed by atoms with Gasteiger partial charge in [0.2, 0.25) is 0 Å². The second-order valence-electron chi connectivity index (χ2n) is 3.50. The van der Waals surface area contributed by atoms with Crippen LogP contribution >= 0.6 is 0 Å². The van der Waals surface area contributed by atoms with Crippen molar-refractivity contribution in [2.45, 2.75) is 6.92 Å². The fraction of sp³-hybridized carbons (Fsp3) is 0.333. The van der Waals surface area contributed by atoms with Crippen LogP contribution in [0.15, 0.2) is 18.2 Å². The van der Waals surface area contributed by atoms with Crippen LogP contribution in [-0.4, -0.2) is 31.5 Å². The van der Waals surface area contributed by atoms with E-state index < -0.39 is 0 Å². The molecule has 1 aromatic carbocycles. The summed E-state index contributed by atoms with van der Waals surface area (Å²) in [6, 6.07) is 7.17. The van der Waals surface area contributed by atoms with Gasteiger partial charge >= 0.3 is 0 Å². The molecule has 0 saturated heterocycles. The van der Waals surface area contributed by atoms with Crippen LogP contribution in [0.3, 0.4) is 0 Å². The van der Waals surface area contributed by atoms with Crippen molar-refractivity contribution in [1.82, 2.24) is 4.90 Å². The summed E-state index contributed by atoms with van der Waals surface area (Å²) in [5, 5.41) is 8.51. The highest BCUT2D eigenvalue weighted by Crippen LogP contribution is 2.19. The molecular weight excluding hydrogens is 204 g/mol. The number of benzene rings is 1. The molecule has 0 unspecified atom stereocenters. The molecule has 0 atom stereocenters. The highest BCUT2D eigenvalue weighted by Gasteiger charge is 2.12. The van der Waals surface area contributed by atoms with Crippen LogP contribution in [0.5, 0.6) is 5.75 Å². The Balaban J connectivity index is 2.97. The molecule has 4 nitrogen and oxygen atoms in total. The van der Waals surface area contributed by atoms with Gasteiger partial charge in [-0.25, -0.2) is 0 Å². The lowest BCUT2D eigenvalue weighted by Gasteiger charge is -2.14. The first-order chi connectivity index (χ1) is 7.60. The van der Waals surface area contributed by atoms with E-state index in [4.69, 9.17) is 10.00 Å². The van der Waals surface area contributed by atoms with E-state index in [2.05, 4.69) is 0 Å². The predicted octanol–water partition coefficient (Wildman–Crippen LogP) is 1.60. The Kier molecular flexibility index (Phi) is 3.90. The third-order valence-electron chi connectivity index (χ3n) is 2.31. The summed E-state index contributed by atoms with van der Waals surface area (Å²) in [4.78, 5) is 13.2. The Labute approximate surface area is 95.0 Å². The number of methoxy groups -OCH3 is 1. The van der Waals surface area contributed by atoms with Crippen molar-refractivity contribution in [3.8, 4) is 11.8 Å². The number of hydrogen-bond acceptors (Lipinski definition) is 3. The molecule has 0 bridgehead atoms. The first kappa shape index (κ1) is 12.1. The number of nitriles is 1. The standard InChI is InChI=1S/C12H14N2O2/c1-9-4-5-10(8-11(9)16-3)12(15)14(2)7-6-13/h4-5,8H,7H2,1-3H3. The van der Waals surface area contributed by atoms with Gasteiger partial charge in [-0.05, 0) is 24.6 Å². The first-order valence-corrected chi connectivity index (χ1v) is 4.87. The zero-order valence-corrected chi connectivity index (χ0v) is 9.65. The van der Waals surface area contributed by atoms with Gasteiger partial charge in [-0.15, -0.1) is 0 Å². The van der Waals surface area contributed by atoms with Crippen molar-refractivity contribution in [3.05, 3.63) is 29.3 Å². The van der Waals surface area contributed by atoms with Gasteiger partial charge in [0.15, 0.2) is 0 Å². The van der Waals surface area contributed by atoms with E-state index in [1.54, 1.807) is 26.3 Å². The van der Waals surface area contributed by atoms with Crippen LogP contribution in [-0.2, 0) is 0 Å². The van der Waals surface area contributed by atoms with Crippen molar-refractivity contribution in [2.24, 2.45) is 0 Å². The van der Waals surface area contributed by atoms with E-state index in [0.29, 0.717) is 11.3 Å². The van der Waals surface area contributed by atoms with Gasteiger partial charge in [0.1, 0.15) is 12.3 Å². The van der Waals surface area contributed by atoms with Gasteiger partial charge in [0.25, 0.3) is 5.91 Å². The molecule has 0 saturated carbocycles. The summed E-state index contributed by atoms with van der Waals surface area (Å²) < 4.78 is 5.14. The minimum Gasteiger partial charge on any atom is -0.496 e. The monoisotopic (exact) mass is 218 g/mol. The van der Waals surface area contributed by atoms with E-state index in [-0.39, 0.29) is 12.5 Å². The van der Waals surface area contributed by atoms with E-state index in [9.17, 15) is 4.79 Å². The molecule has 0 radical (unpaired) electrons. The van der Waals surface area contributed by atoms with E-state index in [0.717, 1.165) is 5.56 Å². The lowest BCUT2D eigenvalue weighted by atomic mass is 10.1. The van der Waals surface area contributed by atoms with Crippen molar-refractivity contribution < 1.29 is 9.53 Å². The largest absolute Gasteiger partial charge is 0.496 e. The molecule has 0 aliphatic heterocycles. The SMILES string of the molecule is COc1cc(C(=O)N(C)CC#N)ccc1C. The topological polar surface area (TPSA) is 53.3 Å². The van der Waals surface area contributed by atoms with Gasteiger partial charge in [0, 0.05) is 12.6 Å². The molecule has 1 aromatic rings. The molecular formula is C12H14N2O2. The molecule has 0 spiro atoms. The van der Waals surface area contributed by atoms with Crippen LogP contribution < -0.4 is 4.74 Å². The number of aryl methyl sites for hydroxylation is 1. The Hall–Kier alpha value is -2.02. The van der Waals surface area contributed by atoms with Gasteiger partial charge in [-0.2, -0.15) is 5.26 Å². The average Bonchev–Trinajstić information content (AvgIpc) is 2.29.